The van der Waals surface area contributed by atoms with Gasteiger partial charge in [0.2, 0.25) is 11.8 Å². The Balaban J connectivity index is 1.97. The van der Waals surface area contributed by atoms with E-state index in [0.717, 1.165) is 28.9 Å². The molecule has 8 heteroatoms. The molecular formula is C24H27F3N2O3. The second-order valence-corrected chi connectivity index (χ2v) is 8.30. The fourth-order valence-corrected chi connectivity index (χ4v) is 4.44. The number of methoxy groups -OCH3 is 1. The highest BCUT2D eigenvalue weighted by Gasteiger charge is 2.54. The molecule has 0 aliphatic carbocycles. The lowest BCUT2D eigenvalue weighted by molar-refractivity contribution is -0.137. The molecule has 1 aliphatic rings. The van der Waals surface area contributed by atoms with Crippen molar-refractivity contribution in [3.05, 3.63) is 53.1 Å². The van der Waals surface area contributed by atoms with E-state index < -0.39 is 29.0 Å². The maximum atomic E-state index is 13.4. The summed E-state index contributed by atoms with van der Waals surface area (Å²) in [6.45, 7) is 7.47. The van der Waals surface area contributed by atoms with Gasteiger partial charge in [-0.1, -0.05) is 32.0 Å². The number of hydrogen-bond acceptors (Lipinski definition) is 3. The van der Waals surface area contributed by atoms with E-state index in [1.54, 1.807) is 11.8 Å². The summed E-state index contributed by atoms with van der Waals surface area (Å²) in [7, 11) is 1.26. The van der Waals surface area contributed by atoms with Crippen molar-refractivity contribution >= 4 is 23.2 Å². The first-order valence-corrected chi connectivity index (χ1v) is 10.4. The quantitative estimate of drug-likeness (QED) is 0.671. The van der Waals surface area contributed by atoms with Crippen LogP contribution in [0.5, 0.6) is 5.75 Å². The molecule has 172 valence electrons. The molecule has 2 atom stereocenters. The zero-order chi connectivity index (χ0) is 23.8. The molecule has 0 spiro atoms. The molecule has 0 unspecified atom stereocenters. The summed E-state index contributed by atoms with van der Waals surface area (Å²) >= 11 is 0. The lowest BCUT2D eigenvalue weighted by Crippen LogP contribution is -2.42. The Morgan fingerprint density at radius 2 is 1.84 bits per heavy atom. The minimum atomic E-state index is -4.59. The number of carbonyl (C=O) groups is 2. The molecule has 2 aromatic carbocycles. The molecule has 0 bridgehead atoms. The van der Waals surface area contributed by atoms with Crippen LogP contribution in [0.1, 0.15) is 37.0 Å². The second kappa shape index (κ2) is 8.48. The number of ether oxygens (including phenoxy) is 1. The molecule has 1 aliphatic heterocycles. The van der Waals surface area contributed by atoms with Crippen molar-refractivity contribution in [3.63, 3.8) is 0 Å². The van der Waals surface area contributed by atoms with Crippen LogP contribution in [0.25, 0.3) is 0 Å². The van der Waals surface area contributed by atoms with Crippen LogP contribution in [0.2, 0.25) is 0 Å². The number of halogens is 3. The van der Waals surface area contributed by atoms with Gasteiger partial charge >= 0.3 is 6.18 Å². The summed E-state index contributed by atoms with van der Waals surface area (Å²) in [6, 6.07) is 8.78. The number of alkyl halides is 3. The average Bonchev–Trinajstić information content (AvgIpc) is 2.98. The normalized spacial score (nSPS) is 21.1. The fraction of sp³-hybridized carbons (Fsp3) is 0.417. The van der Waals surface area contributed by atoms with Crippen LogP contribution in [0.4, 0.5) is 24.5 Å². The molecule has 0 saturated carbocycles. The van der Waals surface area contributed by atoms with E-state index in [1.807, 2.05) is 39.0 Å². The van der Waals surface area contributed by atoms with Crippen molar-refractivity contribution in [2.75, 3.05) is 23.9 Å². The van der Waals surface area contributed by atoms with Gasteiger partial charge in [-0.15, -0.1) is 0 Å². The Hall–Kier alpha value is -3.03. The minimum Gasteiger partial charge on any atom is -0.497 e. The first-order chi connectivity index (χ1) is 14.9. The zero-order valence-electron chi connectivity index (χ0n) is 18.8. The van der Waals surface area contributed by atoms with E-state index >= 15 is 0 Å². The number of hydrogen-bond donors (Lipinski definition) is 1. The smallest absolute Gasteiger partial charge is 0.416 e. The summed E-state index contributed by atoms with van der Waals surface area (Å²) in [5.74, 6) is -1.33. The lowest BCUT2D eigenvalue weighted by Gasteiger charge is -2.30. The standard InChI is InChI=1S/C24H27F3N2O3/c1-6-23(13-29(21(30)16(23)4)20-14(2)8-7-9-15(20)3)22(31)28-18-10-17(24(25,26)27)11-19(12-18)32-5/h7-12,16H,6,13H2,1-5H3,(H,28,31)/t16-,23-/m1/s1. The highest BCUT2D eigenvalue weighted by molar-refractivity contribution is 6.07. The Kier molecular flexibility index (Phi) is 6.26. The number of aryl methyl sites for hydroxylation is 2. The van der Waals surface area contributed by atoms with Crippen molar-refractivity contribution < 1.29 is 27.5 Å². The average molecular weight is 448 g/mol. The summed E-state index contributed by atoms with van der Waals surface area (Å²) in [5, 5.41) is 2.62. The number of nitrogens with one attached hydrogen (secondary N) is 1. The van der Waals surface area contributed by atoms with Gasteiger partial charge in [0.1, 0.15) is 5.75 Å². The molecule has 1 N–H and O–H groups in total. The largest absolute Gasteiger partial charge is 0.497 e. The number of benzene rings is 2. The van der Waals surface area contributed by atoms with Crippen molar-refractivity contribution in [1.29, 1.82) is 0 Å². The van der Waals surface area contributed by atoms with Gasteiger partial charge in [-0.25, -0.2) is 0 Å². The Bertz CT molecular complexity index is 1030. The molecule has 5 nitrogen and oxygen atoms in total. The first-order valence-electron chi connectivity index (χ1n) is 10.4. The number of amides is 2. The summed E-state index contributed by atoms with van der Waals surface area (Å²) in [5.41, 5.74) is 0.562. The molecule has 1 fully saturated rings. The first kappa shape index (κ1) is 23.6. The van der Waals surface area contributed by atoms with Crippen LogP contribution in [-0.2, 0) is 15.8 Å². The maximum Gasteiger partial charge on any atom is 0.416 e. The Labute approximate surface area is 185 Å². The molecule has 2 aromatic rings. The van der Waals surface area contributed by atoms with Crippen molar-refractivity contribution in [3.8, 4) is 5.75 Å². The van der Waals surface area contributed by atoms with Crippen molar-refractivity contribution in [1.82, 2.24) is 0 Å². The summed E-state index contributed by atoms with van der Waals surface area (Å²) in [4.78, 5) is 28.3. The van der Waals surface area contributed by atoms with Gasteiger partial charge in [-0.2, -0.15) is 13.2 Å². The highest BCUT2D eigenvalue weighted by atomic mass is 19.4. The molecule has 3 rings (SSSR count). The second-order valence-electron chi connectivity index (χ2n) is 8.30. The number of para-hydroxylation sites is 1. The predicted octanol–water partition coefficient (Wildman–Crippen LogP) is 5.35. The third-order valence-electron chi connectivity index (χ3n) is 6.43. The molecule has 0 aromatic heterocycles. The molecular weight excluding hydrogens is 421 g/mol. The van der Waals surface area contributed by atoms with Gasteiger partial charge < -0.3 is 15.0 Å². The fourth-order valence-electron chi connectivity index (χ4n) is 4.44. The van der Waals surface area contributed by atoms with Gasteiger partial charge in [0.15, 0.2) is 0 Å². The number of carbonyl (C=O) groups excluding carboxylic acids is 2. The van der Waals surface area contributed by atoms with Gasteiger partial charge in [-0.3, -0.25) is 9.59 Å². The zero-order valence-corrected chi connectivity index (χ0v) is 18.8. The van der Waals surface area contributed by atoms with E-state index in [4.69, 9.17) is 4.74 Å². The van der Waals surface area contributed by atoms with Crippen LogP contribution >= 0.6 is 0 Å². The molecule has 1 heterocycles. The molecule has 2 amide bonds. The van der Waals surface area contributed by atoms with Crippen LogP contribution in [0.15, 0.2) is 36.4 Å². The van der Waals surface area contributed by atoms with Crippen LogP contribution < -0.4 is 15.0 Å². The molecule has 1 saturated heterocycles. The monoisotopic (exact) mass is 448 g/mol. The van der Waals surface area contributed by atoms with Crippen LogP contribution in [0.3, 0.4) is 0 Å². The van der Waals surface area contributed by atoms with Crippen LogP contribution in [0, 0.1) is 25.2 Å². The SMILES string of the molecule is CC[C@@]1(C(=O)Nc2cc(OC)cc(C(F)(F)F)c2)CN(c2c(C)cccc2C)C(=O)[C@H]1C. The van der Waals surface area contributed by atoms with Crippen LogP contribution in [-0.4, -0.2) is 25.5 Å². The van der Waals surface area contributed by atoms with E-state index in [1.165, 1.54) is 13.2 Å². The van der Waals surface area contributed by atoms with Gasteiger partial charge in [0.25, 0.3) is 0 Å². The summed E-state index contributed by atoms with van der Waals surface area (Å²) < 4.78 is 44.8. The van der Waals surface area contributed by atoms with E-state index in [0.29, 0.717) is 6.42 Å². The molecule has 0 radical (unpaired) electrons. The third-order valence-corrected chi connectivity index (χ3v) is 6.43. The topological polar surface area (TPSA) is 58.6 Å². The highest BCUT2D eigenvalue weighted by Crippen LogP contribution is 2.44. The number of nitrogens with zero attached hydrogens (tertiary/aromatic N) is 1. The number of rotatable bonds is 5. The van der Waals surface area contributed by atoms with Crippen molar-refractivity contribution in [2.45, 2.75) is 40.3 Å². The van der Waals surface area contributed by atoms with E-state index in [2.05, 4.69) is 5.32 Å². The van der Waals surface area contributed by atoms with Gasteiger partial charge in [0, 0.05) is 24.0 Å². The summed E-state index contributed by atoms with van der Waals surface area (Å²) in [6.07, 6.45) is -4.24. The Morgan fingerprint density at radius 1 is 1.22 bits per heavy atom. The maximum absolute atomic E-state index is 13.4. The lowest BCUT2D eigenvalue weighted by atomic mass is 9.75. The van der Waals surface area contributed by atoms with E-state index in [-0.39, 0.29) is 23.9 Å². The van der Waals surface area contributed by atoms with E-state index in [9.17, 15) is 22.8 Å². The molecule has 32 heavy (non-hydrogen) atoms. The van der Waals surface area contributed by atoms with Gasteiger partial charge in [0.05, 0.1) is 24.0 Å². The minimum absolute atomic E-state index is 0.0200. The predicted molar refractivity (Wildman–Crippen MR) is 117 cm³/mol. The number of anilines is 2. The van der Waals surface area contributed by atoms with Gasteiger partial charge in [-0.05, 0) is 43.5 Å². The third kappa shape index (κ3) is 4.06. The Morgan fingerprint density at radius 3 is 2.38 bits per heavy atom. The van der Waals surface area contributed by atoms with Crippen molar-refractivity contribution in [2.24, 2.45) is 11.3 Å².